The van der Waals surface area contributed by atoms with Crippen molar-refractivity contribution in [2.24, 2.45) is 0 Å². The fraction of sp³-hybridized carbons (Fsp3) is 0.308. The van der Waals surface area contributed by atoms with E-state index in [1.54, 1.807) is 30.3 Å². The van der Waals surface area contributed by atoms with E-state index in [2.05, 4.69) is 4.72 Å². The standard InChI is InChI=1S/C13H14N4O3S/c14-7-10-17(11-8-15)13(18)6-9-16-21(19,20)12-4-2-1-3-5-12/h1-5,16H,6,9-11H2. The zero-order valence-electron chi connectivity index (χ0n) is 11.2. The SMILES string of the molecule is N#CCN(CC#N)C(=O)CCNS(=O)(=O)c1ccccc1. The molecule has 0 bridgehead atoms. The van der Waals surface area contributed by atoms with Crippen molar-refractivity contribution >= 4 is 15.9 Å². The lowest BCUT2D eigenvalue weighted by Crippen LogP contribution is -2.35. The van der Waals surface area contributed by atoms with Gasteiger partial charge in [0.25, 0.3) is 0 Å². The van der Waals surface area contributed by atoms with Crippen molar-refractivity contribution in [2.45, 2.75) is 11.3 Å². The monoisotopic (exact) mass is 306 g/mol. The van der Waals surface area contributed by atoms with E-state index in [-0.39, 0.29) is 31.0 Å². The first-order valence-electron chi connectivity index (χ1n) is 6.07. The Morgan fingerprint density at radius 3 is 2.24 bits per heavy atom. The molecule has 21 heavy (non-hydrogen) atoms. The summed E-state index contributed by atoms with van der Waals surface area (Å²) >= 11 is 0. The molecule has 7 nitrogen and oxygen atoms in total. The van der Waals surface area contributed by atoms with Crippen molar-refractivity contribution in [3.8, 4) is 12.1 Å². The van der Waals surface area contributed by atoms with Gasteiger partial charge in [0, 0.05) is 13.0 Å². The van der Waals surface area contributed by atoms with Gasteiger partial charge in [-0.3, -0.25) is 4.79 Å². The highest BCUT2D eigenvalue weighted by atomic mass is 32.2. The maximum atomic E-state index is 11.9. The molecule has 0 radical (unpaired) electrons. The smallest absolute Gasteiger partial charge is 0.240 e. The molecule has 0 saturated heterocycles. The molecule has 1 rings (SSSR count). The van der Waals surface area contributed by atoms with Gasteiger partial charge in [-0.1, -0.05) is 18.2 Å². The lowest BCUT2D eigenvalue weighted by atomic mass is 10.3. The summed E-state index contributed by atoms with van der Waals surface area (Å²) in [6, 6.07) is 11.4. The van der Waals surface area contributed by atoms with Crippen LogP contribution in [0.1, 0.15) is 6.42 Å². The van der Waals surface area contributed by atoms with E-state index in [0.29, 0.717) is 0 Å². The Labute approximate surface area is 123 Å². The second-order valence-corrected chi connectivity index (χ2v) is 5.79. The summed E-state index contributed by atoms with van der Waals surface area (Å²) in [6.45, 7) is -0.487. The number of carbonyl (C=O) groups excluding carboxylic acids is 1. The normalized spacial score (nSPS) is 10.4. The van der Waals surface area contributed by atoms with Gasteiger partial charge in [-0.05, 0) is 12.1 Å². The highest BCUT2D eigenvalue weighted by Gasteiger charge is 2.16. The largest absolute Gasteiger partial charge is 0.316 e. The molecule has 0 saturated carbocycles. The fourth-order valence-corrected chi connectivity index (χ4v) is 2.59. The summed E-state index contributed by atoms with van der Waals surface area (Å²) < 4.78 is 26.1. The van der Waals surface area contributed by atoms with Crippen LogP contribution < -0.4 is 4.72 Å². The molecule has 0 aliphatic carbocycles. The van der Waals surface area contributed by atoms with Crippen molar-refractivity contribution in [2.75, 3.05) is 19.6 Å². The molecule has 110 valence electrons. The first kappa shape index (κ1) is 16.6. The molecule has 1 aromatic rings. The molecule has 8 heteroatoms. The molecule has 1 N–H and O–H groups in total. The average Bonchev–Trinajstić information content (AvgIpc) is 2.47. The average molecular weight is 306 g/mol. The molecule has 0 spiro atoms. The van der Waals surface area contributed by atoms with Crippen molar-refractivity contribution < 1.29 is 13.2 Å². The summed E-state index contributed by atoms with van der Waals surface area (Å²) in [4.78, 5) is 12.9. The van der Waals surface area contributed by atoms with Crippen molar-refractivity contribution in [3.63, 3.8) is 0 Å². The second kappa shape index (κ2) is 8.00. The van der Waals surface area contributed by atoms with Gasteiger partial charge < -0.3 is 4.90 Å². The van der Waals surface area contributed by atoms with Crippen LogP contribution >= 0.6 is 0 Å². The molecular formula is C13H14N4O3S. The number of nitrogens with one attached hydrogen (secondary N) is 1. The minimum atomic E-state index is -3.66. The number of sulfonamides is 1. The van der Waals surface area contributed by atoms with Crippen molar-refractivity contribution in [1.82, 2.24) is 9.62 Å². The van der Waals surface area contributed by atoms with Gasteiger partial charge in [0.2, 0.25) is 15.9 Å². The highest BCUT2D eigenvalue weighted by Crippen LogP contribution is 2.06. The quantitative estimate of drug-likeness (QED) is 0.724. The molecule has 0 heterocycles. The number of nitrogens with zero attached hydrogens (tertiary/aromatic N) is 3. The molecule has 0 unspecified atom stereocenters. The molecule has 0 aromatic heterocycles. The summed E-state index contributed by atoms with van der Waals surface area (Å²) in [6.07, 6.45) is -0.116. The Hall–Kier alpha value is -2.42. The number of rotatable bonds is 7. The van der Waals surface area contributed by atoms with E-state index >= 15 is 0 Å². The molecule has 0 fully saturated rings. The molecule has 1 aromatic carbocycles. The van der Waals surface area contributed by atoms with E-state index in [9.17, 15) is 13.2 Å². The third-order valence-corrected chi connectivity index (χ3v) is 4.04. The summed E-state index contributed by atoms with van der Waals surface area (Å²) in [5.74, 6) is -0.450. The Morgan fingerprint density at radius 1 is 1.14 bits per heavy atom. The molecular weight excluding hydrogens is 292 g/mol. The predicted molar refractivity (Wildman–Crippen MR) is 74.1 cm³/mol. The zero-order valence-corrected chi connectivity index (χ0v) is 12.0. The van der Waals surface area contributed by atoms with Gasteiger partial charge in [-0.2, -0.15) is 10.5 Å². The fourth-order valence-electron chi connectivity index (χ4n) is 1.54. The van der Waals surface area contributed by atoms with Gasteiger partial charge in [0.1, 0.15) is 13.1 Å². The minimum Gasteiger partial charge on any atom is -0.316 e. The van der Waals surface area contributed by atoms with Crippen LogP contribution in [0.4, 0.5) is 0 Å². The summed E-state index contributed by atoms with van der Waals surface area (Å²) in [7, 11) is -3.66. The number of nitriles is 2. The maximum Gasteiger partial charge on any atom is 0.240 e. The predicted octanol–water partition coefficient (Wildman–Crippen LogP) is 0.231. The van der Waals surface area contributed by atoms with Crippen LogP contribution in [-0.2, 0) is 14.8 Å². The lowest BCUT2D eigenvalue weighted by Gasteiger charge is -2.15. The van der Waals surface area contributed by atoms with Crippen LogP contribution in [-0.4, -0.2) is 38.9 Å². The second-order valence-electron chi connectivity index (χ2n) is 4.03. The van der Waals surface area contributed by atoms with E-state index in [0.717, 1.165) is 4.90 Å². The minimum absolute atomic E-state index is 0.0938. The number of carbonyl (C=O) groups is 1. The summed E-state index contributed by atoms with van der Waals surface area (Å²) in [5.41, 5.74) is 0. The Bertz CT molecular complexity index is 643. The number of amides is 1. The van der Waals surface area contributed by atoms with Gasteiger partial charge in [0.15, 0.2) is 0 Å². The first-order chi connectivity index (χ1) is 10.0. The van der Waals surface area contributed by atoms with Gasteiger partial charge in [0.05, 0.1) is 17.0 Å². The van der Waals surface area contributed by atoms with Crippen LogP contribution in [0.25, 0.3) is 0 Å². The molecule has 0 atom stereocenters. The molecule has 0 aliphatic heterocycles. The Morgan fingerprint density at radius 2 is 1.71 bits per heavy atom. The van der Waals surface area contributed by atoms with E-state index in [4.69, 9.17) is 10.5 Å². The van der Waals surface area contributed by atoms with Gasteiger partial charge in [-0.25, -0.2) is 13.1 Å². The maximum absolute atomic E-state index is 11.9. The van der Waals surface area contributed by atoms with E-state index in [1.807, 2.05) is 0 Å². The first-order valence-corrected chi connectivity index (χ1v) is 7.56. The topological polar surface area (TPSA) is 114 Å². The molecule has 0 aliphatic rings. The number of hydrogen-bond donors (Lipinski definition) is 1. The van der Waals surface area contributed by atoms with Gasteiger partial charge in [-0.15, -0.1) is 0 Å². The Balaban J connectivity index is 2.55. The zero-order chi connectivity index (χ0) is 15.7. The van der Waals surface area contributed by atoms with Crippen LogP contribution in [0.5, 0.6) is 0 Å². The number of hydrogen-bond acceptors (Lipinski definition) is 5. The number of benzene rings is 1. The van der Waals surface area contributed by atoms with Crippen LogP contribution in [0.15, 0.2) is 35.2 Å². The van der Waals surface area contributed by atoms with Crippen LogP contribution in [0.3, 0.4) is 0 Å². The lowest BCUT2D eigenvalue weighted by molar-refractivity contribution is -0.129. The van der Waals surface area contributed by atoms with Crippen LogP contribution in [0.2, 0.25) is 0 Å². The summed E-state index contributed by atoms with van der Waals surface area (Å²) in [5, 5.41) is 17.1. The van der Waals surface area contributed by atoms with Gasteiger partial charge >= 0.3 is 0 Å². The highest BCUT2D eigenvalue weighted by molar-refractivity contribution is 7.89. The Kier molecular flexibility index (Phi) is 6.34. The third-order valence-electron chi connectivity index (χ3n) is 2.56. The van der Waals surface area contributed by atoms with E-state index < -0.39 is 15.9 Å². The van der Waals surface area contributed by atoms with Crippen LogP contribution in [0, 0.1) is 22.7 Å². The molecule has 1 amide bonds. The van der Waals surface area contributed by atoms with Crippen molar-refractivity contribution in [3.05, 3.63) is 30.3 Å². The third kappa shape index (κ3) is 5.22. The van der Waals surface area contributed by atoms with Crippen molar-refractivity contribution in [1.29, 1.82) is 10.5 Å². The van der Waals surface area contributed by atoms with E-state index in [1.165, 1.54) is 12.1 Å².